The Morgan fingerprint density at radius 2 is 1.74 bits per heavy atom. The molecule has 0 bridgehead atoms. The average Bonchev–Trinajstić information content (AvgIpc) is 3.01. The van der Waals surface area contributed by atoms with Gasteiger partial charge in [-0.05, 0) is 55.2 Å². The third kappa shape index (κ3) is 2.90. The van der Waals surface area contributed by atoms with Gasteiger partial charge in [0.25, 0.3) is 0 Å². The Bertz CT molecular complexity index is 819. The molecule has 3 aromatic rings. The minimum absolute atomic E-state index is 0.130. The monoisotopic (exact) mass is 307 g/mol. The second-order valence-corrected chi connectivity index (χ2v) is 5.77. The van der Waals surface area contributed by atoms with Gasteiger partial charge in [-0.2, -0.15) is 0 Å². The zero-order valence-corrected chi connectivity index (χ0v) is 13.7. The fourth-order valence-corrected chi connectivity index (χ4v) is 2.65. The summed E-state index contributed by atoms with van der Waals surface area (Å²) in [5.74, 6) is 0. The molecule has 1 N–H and O–H groups in total. The van der Waals surface area contributed by atoms with Gasteiger partial charge >= 0.3 is 0 Å². The molecule has 23 heavy (non-hydrogen) atoms. The van der Waals surface area contributed by atoms with Crippen LogP contribution in [0, 0.1) is 13.8 Å². The van der Waals surface area contributed by atoms with Crippen molar-refractivity contribution in [2.75, 3.05) is 0 Å². The van der Waals surface area contributed by atoms with Gasteiger partial charge in [0.1, 0.15) is 11.4 Å². The molecule has 0 amide bonds. The largest absolute Gasteiger partial charge is 0.390 e. The fourth-order valence-electron chi connectivity index (χ4n) is 2.65. The van der Waals surface area contributed by atoms with Crippen LogP contribution in [0.3, 0.4) is 0 Å². The third-order valence-corrected chi connectivity index (χ3v) is 4.26. The molecule has 118 valence electrons. The highest BCUT2D eigenvalue weighted by Gasteiger charge is 2.16. The fraction of sp³-hybridized carbons (Fsp3) is 0.263. The Morgan fingerprint density at radius 1 is 1.00 bits per heavy atom. The van der Waals surface area contributed by atoms with Crippen molar-refractivity contribution in [3.63, 3.8) is 0 Å². The first-order chi connectivity index (χ1) is 11.1. The Hall–Kier alpha value is -2.46. The van der Waals surface area contributed by atoms with Crippen LogP contribution in [-0.2, 0) is 13.0 Å². The van der Waals surface area contributed by atoms with Gasteiger partial charge < -0.3 is 5.11 Å². The first-order valence-corrected chi connectivity index (χ1v) is 7.86. The summed E-state index contributed by atoms with van der Waals surface area (Å²) in [6, 6.07) is 14.5. The van der Waals surface area contributed by atoms with Gasteiger partial charge in [-0.1, -0.05) is 36.4 Å². The molecule has 0 saturated carbocycles. The SMILES string of the molecule is CCc1ccc(-n2nnc(CO)c2-c2ccc(C)c(C)c2)cc1. The van der Waals surface area contributed by atoms with Crippen molar-refractivity contribution >= 4 is 0 Å². The number of benzene rings is 2. The number of aliphatic hydroxyl groups excluding tert-OH is 1. The van der Waals surface area contributed by atoms with Crippen molar-refractivity contribution in [2.24, 2.45) is 0 Å². The molecule has 0 spiro atoms. The van der Waals surface area contributed by atoms with E-state index in [-0.39, 0.29) is 6.61 Å². The molecule has 1 aromatic heterocycles. The topological polar surface area (TPSA) is 50.9 Å². The smallest absolute Gasteiger partial charge is 0.117 e. The average molecular weight is 307 g/mol. The van der Waals surface area contributed by atoms with Gasteiger partial charge in [0.15, 0.2) is 0 Å². The molecule has 0 radical (unpaired) electrons. The molecule has 0 saturated heterocycles. The second-order valence-electron chi connectivity index (χ2n) is 5.77. The molecule has 2 aromatic carbocycles. The second kappa shape index (κ2) is 6.34. The van der Waals surface area contributed by atoms with Crippen molar-refractivity contribution in [3.05, 3.63) is 64.8 Å². The lowest BCUT2D eigenvalue weighted by Gasteiger charge is -2.10. The van der Waals surface area contributed by atoms with Gasteiger partial charge in [-0.15, -0.1) is 5.10 Å². The summed E-state index contributed by atoms with van der Waals surface area (Å²) in [7, 11) is 0. The number of aromatic nitrogens is 3. The molecule has 0 atom stereocenters. The first kappa shape index (κ1) is 15.4. The van der Waals surface area contributed by atoms with E-state index in [1.165, 1.54) is 16.7 Å². The molecular formula is C19H21N3O. The number of hydrogen-bond acceptors (Lipinski definition) is 3. The van der Waals surface area contributed by atoms with E-state index in [1.54, 1.807) is 4.68 Å². The summed E-state index contributed by atoms with van der Waals surface area (Å²) in [5.41, 5.74) is 7.13. The van der Waals surface area contributed by atoms with Gasteiger partial charge in [-0.25, -0.2) is 4.68 Å². The number of hydrogen-bond donors (Lipinski definition) is 1. The van der Waals surface area contributed by atoms with Crippen LogP contribution < -0.4 is 0 Å². The highest BCUT2D eigenvalue weighted by Crippen LogP contribution is 2.27. The Balaban J connectivity index is 2.14. The molecule has 1 heterocycles. The summed E-state index contributed by atoms with van der Waals surface area (Å²) >= 11 is 0. The lowest BCUT2D eigenvalue weighted by molar-refractivity contribution is 0.277. The Morgan fingerprint density at radius 3 is 2.35 bits per heavy atom. The van der Waals surface area contributed by atoms with E-state index in [0.29, 0.717) is 5.69 Å². The predicted molar refractivity (Wildman–Crippen MR) is 91.6 cm³/mol. The molecule has 4 nitrogen and oxygen atoms in total. The van der Waals surface area contributed by atoms with Crippen molar-refractivity contribution in [2.45, 2.75) is 33.8 Å². The van der Waals surface area contributed by atoms with Crippen molar-refractivity contribution < 1.29 is 5.11 Å². The Kier molecular flexibility index (Phi) is 4.26. The van der Waals surface area contributed by atoms with Crippen LogP contribution in [-0.4, -0.2) is 20.1 Å². The maximum Gasteiger partial charge on any atom is 0.117 e. The summed E-state index contributed by atoms with van der Waals surface area (Å²) < 4.78 is 1.80. The normalized spacial score (nSPS) is 11.0. The van der Waals surface area contributed by atoms with Crippen LogP contribution in [0.15, 0.2) is 42.5 Å². The molecule has 3 rings (SSSR count). The van der Waals surface area contributed by atoms with Gasteiger partial charge in [0.05, 0.1) is 12.3 Å². The lowest BCUT2D eigenvalue weighted by atomic mass is 10.0. The Labute approximate surface area is 136 Å². The molecule has 0 unspecified atom stereocenters. The number of rotatable bonds is 4. The number of aryl methyl sites for hydroxylation is 3. The molecule has 0 fully saturated rings. The molecule has 0 aliphatic heterocycles. The summed E-state index contributed by atoms with van der Waals surface area (Å²) in [5, 5.41) is 18.0. The first-order valence-electron chi connectivity index (χ1n) is 7.86. The van der Waals surface area contributed by atoms with Crippen LogP contribution in [0.4, 0.5) is 0 Å². The number of nitrogens with zero attached hydrogens (tertiary/aromatic N) is 3. The zero-order valence-electron chi connectivity index (χ0n) is 13.7. The van der Waals surface area contributed by atoms with E-state index in [1.807, 2.05) is 12.1 Å². The van der Waals surface area contributed by atoms with E-state index < -0.39 is 0 Å². The summed E-state index contributed by atoms with van der Waals surface area (Å²) in [6.45, 7) is 6.18. The van der Waals surface area contributed by atoms with E-state index in [0.717, 1.165) is 23.4 Å². The maximum atomic E-state index is 9.63. The van der Waals surface area contributed by atoms with Gasteiger partial charge in [0, 0.05) is 5.56 Å². The van der Waals surface area contributed by atoms with Crippen molar-refractivity contribution in [1.29, 1.82) is 0 Å². The maximum absolute atomic E-state index is 9.63. The highest BCUT2D eigenvalue weighted by molar-refractivity contribution is 5.65. The third-order valence-electron chi connectivity index (χ3n) is 4.26. The van der Waals surface area contributed by atoms with E-state index in [4.69, 9.17) is 0 Å². The van der Waals surface area contributed by atoms with Crippen LogP contribution in [0.1, 0.15) is 29.3 Å². The van der Waals surface area contributed by atoms with Gasteiger partial charge in [0.2, 0.25) is 0 Å². The van der Waals surface area contributed by atoms with Gasteiger partial charge in [-0.3, -0.25) is 0 Å². The number of aliphatic hydroxyl groups is 1. The zero-order chi connectivity index (χ0) is 16.4. The van der Waals surface area contributed by atoms with Crippen LogP contribution in [0.2, 0.25) is 0 Å². The molecule has 4 heteroatoms. The molecule has 0 aliphatic carbocycles. The summed E-state index contributed by atoms with van der Waals surface area (Å²) in [6.07, 6.45) is 1.00. The quantitative estimate of drug-likeness (QED) is 0.801. The minimum Gasteiger partial charge on any atom is -0.390 e. The minimum atomic E-state index is -0.130. The van der Waals surface area contributed by atoms with E-state index in [9.17, 15) is 5.11 Å². The van der Waals surface area contributed by atoms with Crippen molar-refractivity contribution in [1.82, 2.24) is 15.0 Å². The van der Waals surface area contributed by atoms with Crippen molar-refractivity contribution in [3.8, 4) is 16.9 Å². The molecule has 0 aliphatic rings. The lowest BCUT2D eigenvalue weighted by Crippen LogP contribution is -2.01. The molecular weight excluding hydrogens is 286 g/mol. The van der Waals surface area contributed by atoms with Crippen LogP contribution >= 0.6 is 0 Å². The van der Waals surface area contributed by atoms with Crippen LogP contribution in [0.5, 0.6) is 0 Å². The summed E-state index contributed by atoms with van der Waals surface area (Å²) in [4.78, 5) is 0. The highest BCUT2D eigenvalue weighted by atomic mass is 16.3. The predicted octanol–water partition coefficient (Wildman–Crippen LogP) is 3.61. The standard InChI is InChI=1S/C19H21N3O/c1-4-15-6-9-17(10-7-15)22-19(18(12-23)20-21-22)16-8-5-13(2)14(3)11-16/h5-11,23H,4,12H2,1-3H3. The van der Waals surface area contributed by atoms with E-state index >= 15 is 0 Å². The van der Waals surface area contributed by atoms with E-state index in [2.05, 4.69) is 61.4 Å². The van der Waals surface area contributed by atoms with Crippen LogP contribution in [0.25, 0.3) is 16.9 Å².